The Kier molecular flexibility index (Phi) is 9.41. The number of quaternary nitrogens is 1. The molecular weight excluding hydrogens is 572 g/mol. The third kappa shape index (κ3) is 6.99. The van der Waals surface area contributed by atoms with E-state index in [2.05, 4.69) is 5.32 Å². The maximum atomic E-state index is 13.2. The molecule has 0 radical (unpaired) electrons. The fraction of sp³-hybridized carbons (Fsp3) is 0.312. The lowest BCUT2D eigenvalue weighted by Crippen LogP contribution is -2.63. The molecule has 2 heterocycles. The second kappa shape index (κ2) is 13.6. The van der Waals surface area contributed by atoms with Gasteiger partial charge in [-0.3, -0.25) is 14.4 Å². The number of rotatable bonds is 8. The van der Waals surface area contributed by atoms with Crippen LogP contribution in [0, 0.1) is 0 Å². The first-order chi connectivity index (χ1) is 21.3. The van der Waals surface area contributed by atoms with E-state index < -0.39 is 28.7 Å². The standard InChI is InChI=1S/C32H32N2O10/c1-40-20-43-26-12-9-22(10-13-26)30(36)33-25-4-2-3-15-34(19-25,32(38)39)44-31(37)23-7-5-21(6-8-23)29(35)24-11-14-27-28(18-24)42-17-16-41-27/h5-14,18,25H,2-4,15-17,19-20H2,1H3,(H-,33,36,38,39). The molecule has 12 nitrogen and oxygen atoms in total. The number of methoxy groups -OCH3 is 1. The van der Waals surface area contributed by atoms with Crippen LogP contribution in [-0.4, -0.2) is 74.6 Å². The molecule has 1 fully saturated rings. The van der Waals surface area contributed by atoms with Gasteiger partial charge in [-0.1, -0.05) is 16.8 Å². The highest BCUT2D eigenvalue weighted by Gasteiger charge is 2.41. The number of likely N-dealkylation sites (tertiary alicyclic amines) is 1. The molecule has 12 heteroatoms. The number of amides is 2. The molecule has 3 aromatic carbocycles. The number of ether oxygens (including phenoxy) is 4. The first kappa shape index (κ1) is 30.5. The molecule has 2 aliphatic heterocycles. The Morgan fingerprint density at radius 1 is 0.864 bits per heavy atom. The number of hydrogen-bond donors (Lipinski definition) is 1. The molecule has 0 spiro atoms. The van der Waals surface area contributed by atoms with E-state index in [1.165, 1.54) is 31.4 Å². The zero-order valence-electron chi connectivity index (χ0n) is 24.1. The van der Waals surface area contributed by atoms with Crippen molar-refractivity contribution in [2.24, 2.45) is 0 Å². The van der Waals surface area contributed by atoms with Gasteiger partial charge in [-0.15, -0.1) is 0 Å². The van der Waals surface area contributed by atoms with E-state index in [9.17, 15) is 24.3 Å². The van der Waals surface area contributed by atoms with Crippen molar-refractivity contribution in [3.63, 3.8) is 0 Å². The average molecular weight is 605 g/mol. The number of carbonyl (C=O) groups excluding carboxylic acids is 4. The zero-order chi connectivity index (χ0) is 31.1. The summed E-state index contributed by atoms with van der Waals surface area (Å²) in [6.45, 7) is 0.659. The molecule has 1 N–H and O–H groups in total. The maximum Gasteiger partial charge on any atom is 0.398 e. The Balaban J connectivity index is 1.25. The second-order valence-corrected chi connectivity index (χ2v) is 10.4. The number of fused-ring (bicyclic) bond motifs is 1. The van der Waals surface area contributed by atoms with Gasteiger partial charge in [-0.25, -0.2) is 4.79 Å². The third-order valence-corrected chi connectivity index (χ3v) is 7.41. The fourth-order valence-corrected chi connectivity index (χ4v) is 5.12. The minimum absolute atomic E-state index is 0.0212. The van der Waals surface area contributed by atoms with Crippen molar-refractivity contribution in [3.05, 3.63) is 89.0 Å². The number of ketones is 1. The second-order valence-electron chi connectivity index (χ2n) is 10.4. The highest BCUT2D eigenvalue weighted by molar-refractivity contribution is 6.09. The predicted octanol–water partition coefficient (Wildman–Crippen LogP) is 2.89. The summed E-state index contributed by atoms with van der Waals surface area (Å²) in [5, 5.41) is 15.3. The molecule has 5 rings (SSSR count). The highest BCUT2D eigenvalue weighted by atomic mass is 16.8. The van der Waals surface area contributed by atoms with Gasteiger partial charge < -0.3 is 34.2 Å². The summed E-state index contributed by atoms with van der Waals surface area (Å²) in [4.78, 5) is 57.1. The predicted molar refractivity (Wildman–Crippen MR) is 152 cm³/mol. The molecule has 2 aliphatic rings. The van der Waals surface area contributed by atoms with Crippen LogP contribution in [-0.2, 0) is 9.57 Å². The van der Waals surface area contributed by atoms with Crippen molar-refractivity contribution in [1.82, 2.24) is 5.32 Å². The van der Waals surface area contributed by atoms with Gasteiger partial charge in [0.15, 0.2) is 24.1 Å². The molecule has 0 aromatic heterocycles. The van der Waals surface area contributed by atoms with Crippen molar-refractivity contribution < 1.29 is 52.7 Å². The van der Waals surface area contributed by atoms with Crippen LogP contribution >= 0.6 is 0 Å². The summed E-state index contributed by atoms with van der Waals surface area (Å²) < 4.78 is 20.1. The van der Waals surface area contributed by atoms with Gasteiger partial charge in [0, 0.05) is 30.2 Å². The number of hydrogen-bond acceptors (Lipinski definition) is 10. The first-order valence-corrected chi connectivity index (χ1v) is 14.2. The number of carbonyl (C=O) groups is 4. The molecule has 0 aliphatic carbocycles. The summed E-state index contributed by atoms with van der Waals surface area (Å²) in [6.07, 6.45) is -0.0646. The zero-order valence-corrected chi connectivity index (χ0v) is 24.1. The van der Waals surface area contributed by atoms with Gasteiger partial charge in [0.05, 0.1) is 11.6 Å². The Morgan fingerprint density at radius 3 is 2.23 bits per heavy atom. The van der Waals surface area contributed by atoms with Crippen LogP contribution < -0.4 is 24.6 Å². The SMILES string of the molecule is COCOc1ccc(C(=O)NC2CCCC[N+](OC(=O)c3ccc(C(=O)c4ccc5c(c4)OCCO5)cc3)(C(=O)[O-])C2)cc1. The lowest BCUT2D eigenvalue weighted by molar-refractivity contribution is -1.04. The summed E-state index contributed by atoms with van der Waals surface area (Å²) in [7, 11) is 1.50. The fourth-order valence-electron chi connectivity index (χ4n) is 5.12. The van der Waals surface area contributed by atoms with Gasteiger partial charge in [0.1, 0.15) is 32.1 Å². The van der Waals surface area contributed by atoms with Crippen molar-refractivity contribution in [1.29, 1.82) is 0 Å². The Labute approximate surface area is 253 Å². The summed E-state index contributed by atoms with van der Waals surface area (Å²) in [5.74, 6) is -0.0199. The minimum atomic E-state index is -1.59. The van der Waals surface area contributed by atoms with E-state index in [1.807, 2.05) is 0 Å². The first-order valence-electron chi connectivity index (χ1n) is 14.2. The molecule has 3 aromatic rings. The van der Waals surface area contributed by atoms with Crippen LogP contribution in [0.4, 0.5) is 4.79 Å². The van der Waals surface area contributed by atoms with Crippen LogP contribution in [0.3, 0.4) is 0 Å². The van der Waals surface area contributed by atoms with Crippen LogP contribution in [0.15, 0.2) is 66.7 Å². The van der Waals surface area contributed by atoms with Gasteiger partial charge in [0.2, 0.25) is 0 Å². The Bertz CT molecular complexity index is 1520. The van der Waals surface area contributed by atoms with E-state index in [0.717, 1.165) is 0 Å². The number of hydroxylamine groups is 3. The van der Waals surface area contributed by atoms with Crippen LogP contribution in [0.2, 0.25) is 0 Å². The molecular formula is C32H32N2O10. The Hall–Kier alpha value is -4.94. The molecule has 44 heavy (non-hydrogen) atoms. The van der Waals surface area contributed by atoms with E-state index in [4.69, 9.17) is 23.8 Å². The minimum Gasteiger partial charge on any atom is -0.495 e. The number of carboxylic acid groups (broad SMARTS) is 1. The molecule has 2 unspecified atom stereocenters. The normalized spacial score (nSPS) is 19.2. The van der Waals surface area contributed by atoms with Gasteiger partial charge in [-0.2, -0.15) is 0 Å². The van der Waals surface area contributed by atoms with Gasteiger partial charge >= 0.3 is 12.1 Å². The Morgan fingerprint density at radius 2 is 1.52 bits per heavy atom. The quantitative estimate of drug-likeness (QED) is 0.231. The van der Waals surface area contributed by atoms with Crippen LogP contribution in [0.25, 0.3) is 0 Å². The largest absolute Gasteiger partial charge is 0.495 e. The summed E-state index contributed by atoms with van der Waals surface area (Å²) >= 11 is 0. The maximum absolute atomic E-state index is 13.2. The monoisotopic (exact) mass is 604 g/mol. The lowest BCUT2D eigenvalue weighted by Gasteiger charge is -2.34. The van der Waals surface area contributed by atoms with E-state index in [1.54, 1.807) is 42.5 Å². The molecule has 2 atom stereocenters. The summed E-state index contributed by atoms with van der Waals surface area (Å²) in [5.41, 5.74) is 1.12. The molecule has 2 amide bonds. The van der Waals surface area contributed by atoms with Crippen LogP contribution in [0.1, 0.15) is 55.9 Å². The number of nitrogens with zero attached hydrogens (tertiary/aromatic N) is 1. The third-order valence-electron chi connectivity index (χ3n) is 7.41. The average Bonchev–Trinajstić information content (AvgIpc) is 3.26. The highest BCUT2D eigenvalue weighted by Crippen LogP contribution is 2.31. The van der Waals surface area contributed by atoms with Gasteiger partial charge in [0.25, 0.3) is 5.91 Å². The topological polar surface area (TPSA) is 150 Å². The molecule has 1 saturated heterocycles. The van der Waals surface area contributed by atoms with Crippen molar-refractivity contribution in [2.45, 2.75) is 25.3 Å². The lowest BCUT2D eigenvalue weighted by atomic mass is 10.0. The smallest absolute Gasteiger partial charge is 0.398 e. The van der Waals surface area contributed by atoms with E-state index in [-0.39, 0.29) is 31.2 Å². The molecule has 0 bridgehead atoms. The van der Waals surface area contributed by atoms with E-state index >= 15 is 0 Å². The van der Waals surface area contributed by atoms with E-state index in [0.29, 0.717) is 66.4 Å². The molecule has 230 valence electrons. The van der Waals surface area contributed by atoms with Crippen molar-refractivity contribution >= 4 is 23.8 Å². The molecule has 0 saturated carbocycles. The van der Waals surface area contributed by atoms with Crippen LogP contribution in [0.5, 0.6) is 17.2 Å². The van der Waals surface area contributed by atoms with Gasteiger partial charge in [-0.05, 0) is 67.4 Å². The number of benzene rings is 3. The van der Waals surface area contributed by atoms with Crippen molar-refractivity contribution in [3.8, 4) is 17.2 Å². The van der Waals surface area contributed by atoms with Crippen molar-refractivity contribution in [2.75, 3.05) is 40.2 Å². The number of nitrogens with one attached hydrogen (secondary N) is 1. The summed E-state index contributed by atoms with van der Waals surface area (Å²) in [6, 6.07) is 16.5.